The third kappa shape index (κ3) is 5.80. The number of rotatable bonds is 7. The van der Waals surface area contributed by atoms with Crippen LogP contribution in [0.4, 0.5) is 0 Å². The van der Waals surface area contributed by atoms with E-state index in [9.17, 15) is 4.79 Å². The Kier molecular flexibility index (Phi) is 6.96. The van der Waals surface area contributed by atoms with Gasteiger partial charge in [-0.1, -0.05) is 13.8 Å². The molecule has 0 aromatic heterocycles. The normalized spacial score (nSPS) is 21.2. The lowest BCUT2D eigenvalue weighted by Crippen LogP contribution is -2.46. The van der Waals surface area contributed by atoms with Crippen molar-refractivity contribution in [2.24, 2.45) is 17.3 Å². The predicted octanol–water partition coefficient (Wildman–Crippen LogP) is 2.14. The molecule has 1 fully saturated rings. The van der Waals surface area contributed by atoms with E-state index in [2.05, 4.69) is 24.1 Å². The fourth-order valence-corrected chi connectivity index (χ4v) is 2.94. The molecule has 4 nitrogen and oxygen atoms in total. The predicted molar refractivity (Wildman–Crippen MR) is 82.7 cm³/mol. The highest BCUT2D eigenvalue weighted by Crippen LogP contribution is 2.23. The molecule has 0 bridgehead atoms. The van der Waals surface area contributed by atoms with E-state index in [0.29, 0.717) is 11.8 Å². The lowest BCUT2D eigenvalue weighted by Gasteiger charge is -2.37. The molecule has 1 unspecified atom stereocenters. The molecule has 1 heterocycles. The SMILES string of the molecule is COC(=O)C(C)(C)CN1CCCC(CNCC(C)C)C1. The summed E-state index contributed by atoms with van der Waals surface area (Å²) in [5, 5.41) is 3.55. The van der Waals surface area contributed by atoms with E-state index < -0.39 is 5.41 Å². The molecule has 0 aliphatic carbocycles. The summed E-state index contributed by atoms with van der Waals surface area (Å²) in [5.41, 5.74) is -0.415. The number of carbonyl (C=O) groups is 1. The molecule has 20 heavy (non-hydrogen) atoms. The molecule has 1 aliphatic heterocycles. The van der Waals surface area contributed by atoms with Crippen LogP contribution in [0, 0.1) is 17.3 Å². The number of likely N-dealkylation sites (tertiary alicyclic amines) is 1. The van der Waals surface area contributed by atoms with E-state index in [1.165, 1.54) is 20.0 Å². The van der Waals surface area contributed by atoms with Crippen molar-refractivity contribution in [2.45, 2.75) is 40.5 Å². The standard InChI is InChI=1S/C16H32N2O2/c1-13(2)9-17-10-14-7-6-8-18(11-14)12-16(3,4)15(19)20-5/h13-14,17H,6-12H2,1-5H3. The third-order valence-corrected chi connectivity index (χ3v) is 3.95. The van der Waals surface area contributed by atoms with Crippen LogP contribution in [0.5, 0.6) is 0 Å². The molecule has 1 N–H and O–H groups in total. The van der Waals surface area contributed by atoms with Crippen molar-refractivity contribution >= 4 is 5.97 Å². The van der Waals surface area contributed by atoms with Crippen LogP contribution >= 0.6 is 0 Å². The van der Waals surface area contributed by atoms with Crippen molar-refractivity contribution in [1.29, 1.82) is 0 Å². The summed E-state index contributed by atoms with van der Waals surface area (Å²) in [4.78, 5) is 14.2. The van der Waals surface area contributed by atoms with E-state index in [1.54, 1.807) is 0 Å². The first-order valence-electron chi connectivity index (χ1n) is 7.86. The third-order valence-electron chi connectivity index (χ3n) is 3.95. The first-order valence-corrected chi connectivity index (χ1v) is 7.86. The van der Waals surface area contributed by atoms with E-state index in [-0.39, 0.29) is 5.97 Å². The number of methoxy groups -OCH3 is 1. The van der Waals surface area contributed by atoms with Gasteiger partial charge in [0.1, 0.15) is 0 Å². The summed E-state index contributed by atoms with van der Waals surface area (Å²) in [5.74, 6) is 1.29. The first-order chi connectivity index (χ1) is 9.35. The average Bonchev–Trinajstić information content (AvgIpc) is 2.37. The molecule has 0 aromatic carbocycles. The average molecular weight is 284 g/mol. The van der Waals surface area contributed by atoms with Crippen LogP contribution in [0.3, 0.4) is 0 Å². The Bertz CT molecular complexity index is 303. The smallest absolute Gasteiger partial charge is 0.312 e. The van der Waals surface area contributed by atoms with Crippen LogP contribution < -0.4 is 5.32 Å². The molecule has 0 aromatic rings. The Morgan fingerprint density at radius 2 is 2.15 bits per heavy atom. The molecule has 0 saturated carbocycles. The van der Waals surface area contributed by atoms with Gasteiger partial charge in [-0.05, 0) is 58.2 Å². The first kappa shape index (κ1) is 17.4. The second kappa shape index (κ2) is 7.99. The summed E-state index contributed by atoms with van der Waals surface area (Å²) < 4.78 is 4.90. The summed E-state index contributed by atoms with van der Waals surface area (Å²) in [6, 6.07) is 0. The van der Waals surface area contributed by atoms with Gasteiger partial charge >= 0.3 is 5.97 Å². The number of carbonyl (C=O) groups excluding carboxylic acids is 1. The van der Waals surface area contributed by atoms with Crippen molar-refractivity contribution in [2.75, 3.05) is 39.8 Å². The van der Waals surface area contributed by atoms with Gasteiger partial charge in [-0.15, -0.1) is 0 Å². The molecular weight excluding hydrogens is 252 g/mol. The van der Waals surface area contributed by atoms with E-state index >= 15 is 0 Å². The Labute approximate surface area is 124 Å². The number of piperidine rings is 1. The molecule has 118 valence electrons. The maximum Gasteiger partial charge on any atom is 0.312 e. The minimum Gasteiger partial charge on any atom is -0.469 e. The highest BCUT2D eigenvalue weighted by Gasteiger charge is 2.32. The van der Waals surface area contributed by atoms with Crippen molar-refractivity contribution in [1.82, 2.24) is 10.2 Å². The number of ether oxygens (including phenoxy) is 1. The van der Waals surface area contributed by atoms with Crippen LogP contribution in [0.1, 0.15) is 40.5 Å². The molecular formula is C16H32N2O2. The van der Waals surface area contributed by atoms with Gasteiger partial charge in [-0.25, -0.2) is 0 Å². The lowest BCUT2D eigenvalue weighted by atomic mass is 9.90. The molecule has 1 saturated heterocycles. The molecule has 0 amide bonds. The van der Waals surface area contributed by atoms with E-state index in [0.717, 1.165) is 32.7 Å². The quantitative estimate of drug-likeness (QED) is 0.727. The van der Waals surface area contributed by atoms with Crippen molar-refractivity contribution in [3.05, 3.63) is 0 Å². The second-order valence-corrected chi connectivity index (χ2v) is 7.17. The minimum absolute atomic E-state index is 0.113. The molecule has 1 aliphatic rings. The zero-order valence-corrected chi connectivity index (χ0v) is 13.9. The topological polar surface area (TPSA) is 41.6 Å². The van der Waals surface area contributed by atoms with Crippen LogP contribution in [0.15, 0.2) is 0 Å². The highest BCUT2D eigenvalue weighted by atomic mass is 16.5. The number of esters is 1. The van der Waals surface area contributed by atoms with Gasteiger partial charge in [0, 0.05) is 13.1 Å². The Morgan fingerprint density at radius 1 is 1.45 bits per heavy atom. The lowest BCUT2D eigenvalue weighted by molar-refractivity contribution is -0.152. The van der Waals surface area contributed by atoms with Crippen LogP contribution in [-0.4, -0.2) is 50.7 Å². The van der Waals surface area contributed by atoms with Gasteiger partial charge in [0.2, 0.25) is 0 Å². The monoisotopic (exact) mass is 284 g/mol. The largest absolute Gasteiger partial charge is 0.469 e. The molecule has 0 spiro atoms. The van der Waals surface area contributed by atoms with Gasteiger partial charge in [-0.3, -0.25) is 4.79 Å². The van der Waals surface area contributed by atoms with Crippen LogP contribution in [-0.2, 0) is 9.53 Å². The zero-order valence-electron chi connectivity index (χ0n) is 13.9. The zero-order chi connectivity index (χ0) is 15.2. The Balaban J connectivity index is 2.38. The fourth-order valence-electron chi connectivity index (χ4n) is 2.94. The number of hydrogen-bond donors (Lipinski definition) is 1. The van der Waals surface area contributed by atoms with Crippen LogP contribution in [0.25, 0.3) is 0 Å². The molecule has 1 atom stereocenters. The van der Waals surface area contributed by atoms with Crippen molar-refractivity contribution in [3.63, 3.8) is 0 Å². The van der Waals surface area contributed by atoms with Gasteiger partial charge in [0.15, 0.2) is 0 Å². The van der Waals surface area contributed by atoms with Gasteiger partial charge < -0.3 is 15.0 Å². The summed E-state index contributed by atoms with van der Waals surface area (Å²) in [7, 11) is 1.47. The maximum atomic E-state index is 11.8. The molecule has 4 heteroatoms. The maximum absolute atomic E-state index is 11.8. The molecule has 0 radical (unpaired) electrons. The van der Waals surface area contributed by atoms with Gasteiger partial charge in [-0.2, -0.15) is 0 Å². The fraction of sp³-hybridized carbons (Fsp3) is 0.938. The number of nitrogens with zero attached hydrogens (tertiary/aromatic N) is 1. The van der Waals surface area contributed by atoms with E-state index in [1.807, 2.05) is 13.8 Å². The number of nitrogens with one attached hydrogen (secondary N) is 1. The van der Waals surface area contributed by atoms with E-state index in [4.69, 9.17) is 4.74 Å². The Hall–Kier alpha value is -0.610. The molecule has 1 rings (SSSR count). The van der Waals surface area contributed by atoms with Gasteiger partial charge in [0.25, 0.3) is 0 Å². The van der Waals surface area contributed by atoms with Crippen LogP contribution in [0.2, 0.25) is 0 Å². The van der Waals surface area contributed by atoms with Crippen molar-refractivity contribution < 1.29 is 9.53 Å². The second-order valence-electron chi connectivity index (χ2n) is 7.17. The summed E-state index contributed by atoms with van der Waals surface area (Å²) in [6.07, 6.45) is 2.52. The van der Waals surface area contributed by atoms with Crippen molar-refractivity contribution in [3.8, 4) is 0 Å². The Morgan fingerprint density at radius 3 is 2.75 bits per heavy atom. The summed E-state index contributed by atoms with van der Waals surface area (Å²) in [6.45, 7) is 13.6. The van der Waals surface area contributed by atoms with Gasteiger partial charge in [0.05, 0.1) is 12.5 Å². The summed E-state index contributed by atoms with van der Waals surface area (Å²) >= 11 is 0. The minimum atomic E-state index is -0.415. The highest BCUT2D eigenvalue weighted by molar-refractivity contribution is 5.76. The number of hydrogen-bond acceptors (Lipinski definition) is 4.